The van der Waals surface area contributed by atoms with Crippen molar-refractivity contribution in [2.45, 2.75) is 46.3 Å². The van der Waals surface area contributed by atoms with E-state index in [1.807, 2.05) is 12.1 Å². The molecule has 2 atom stereocenters. The van der Waals surface area contributed by atoms with Gasteiger partial charge in [-0.1, -0.05) is 63.5 Å². The summed E-state index contributed by atoms with van der Waals surface area (Å²) in [4.78, 5) is 2.38. The molecule has 0 N–H and O–H groups in total. The Morgan fingerprint density at radius 1 is 0.938 bits per heavy atom. The Balaban J connectivity index is 1.53. The Kier molecular flexibility index (Phi) is 6.69. The Bertz CT molecular complexity index is 1030. The van der Waals surface area contributed by atoms with Gasteiger partial charge in [0.25, 0.3) is 0 Å². The summed E-state index contributed by atoms with van der Waals surface area (Å²) in [7, 11) is 0. The zero-order chi connectivity index (χ0) is 23.0. The molecule has 0 bridgehead atoms. The Hall–Kier alpha value is -1.85. The smallest absolute Gasteiger partial charge is 0.295 e. The van der Waals surface area contributed by atoms with Crippen molar-refractivity contribution in [2.24, 2.45) is 11.8 Å². The van der Waals surface area contributed by atoms with Crippen molar-refractivity contribution < 1.29 is 13.2 Å². The van der Waals surface area contributed by atoms with Crippen LogP contribution in [0.1, 0.15) is 34.2 Å². The number of aryl methyl sites for hydroxylation is 3. The van der Waals surface area contributed by atoms with Crippen LogP contribution in [0.25, 0.3) is 0 Å². The lowest BCUT2D eigenvalue weighted by atomic mass is 9.96. The molecule has 4 rings (SSSR count). The number of hydrogen-bond acceptors (Lipinski definition) is 1. The Morgan fingerprint density at radius 3 is 2.22 bits per heavy atom. The average Bonchev–Trinajstić information content (AvgIpc) is 3.49. The quantitative estimate of drug-likeness (QED) is 0.378. The van der Waals surface area contributed by atoms with E-state index in [1.165, 1.54) is 33.9 Å². The minimum atomic E-state index is -4.21. The van der Waals surface area contributed by atoms with Crippen LogP contribution in [0.15, 0.2) is 64.2 Å². The van der Waals surface area contributed by atoms with Crippen LogP contribution in [0.5, 0.6) is 0 Å². The zero-order valence-corrected chi connectivity index (χ0v) is 20.4. The maximum Gasteiger partial charge on any atom is 0.412 e. The summed E-state index contributed by atoms with van der Waals surface area (Å²) in [6, 6.07) is 12.7. The summed E-state index contributed by atoms with van der Waals surface area (Å²) in [5.41, 5.74) is 7.26. The van der Waals surface area contributed by atoms with Crippen LogP contribution in [0.3, 0.4) is 0 Å². The lowest BCUT2D eigenvalue weighted by Gasteiger charge is -2.26. The summed E-state index contributed by atoms with van der Waals surface area (Å²) >= 11 is 3.49. The molecule has 2 aromatic rings. The number of rotatable bonds is 7. The van der Waals surface area contributed by atoms with Gasteiger partial charge >= 0.3 is 6.18 Å². The molecule has 0 heterocycles. The summed E-state index contributed by atoms with van der Waals surface area (Å²) < 4.78 is 40.7. The van der Waals surface area contributed by atoms with Crippen LogP contribution in [-0.4, -0.2) is 24.2 Å². The van der Waals surface area contributed by atoms with E-state index in [0.29, 0.717) is 13.0 Å². The molecule has 0 spiro atoms. The van der Waals surface area contributed by atoms with E-state index in [-0.39, 0.29) is 17.4 Å². The first kappa shape index (κ1) is 23.3. The first-order chi connectivity index (χ1) is 15.1. The monoisotopic (exact) mass is 503 g/mol. The van der Waals surface area contributed by atoms with Gasteiger partial charge in [0.05, 0.1) is 0 Å². The van der Waals surface area contributed by atoms with Gasteiger partial charge in [-0.05, 0) is 79.8 Å². The molecule has 2 aromatic carbocycles. The van der Waals surface area contributed by atoms with Gasteiger partial charge in [0.1, 0.15) is 0 Å². The lowest BCUT2D eigenvalue weighted by Crippen LogP contribution is -2.29. The van der Waals surface area contributed by atoms with Crippen molar-refractivity contribution >= 4 is 15.9 Å². The molecule has 5 heteroatoms. The SMILES string of the molecule is Cc1cc(C)c(CCN(CC2=CC=C(C(F)(F)F)C3CC23)Cc2ccc(Br)cc2)c(C)c1. The van der Waals surface area contributed by atoms with E-state index in [1.54, 1.807) is 6.08 Å². The molecule has 0 amide bonds. The zero-order valence-electron chi connectivity index (χ0n) is 18.8. The number of halogens is 4. The largest absolute Gasteiger partial charge is 0.412 e. The summed E-state index contributed by atoms with van der Waals surface area (Å²) in [5, 5.41) is 0. The number of alkyl halides is 3. The Labute approximate surface area is 197 Å². The highest BCUT2D eigenvalue weighted by molar-refractivity contribution is 9.10. The molecule has 1 nitrogen and oxygen atoms in total. The highest BCUT2D eigenvalue weighted by atomic mass is 79.9. The van der Waals surface area contributed by atoms with Gasteiger partial charge in [0, 0.05) is 29.7 Å². The van der Waals surface area contributed by atoms with Crippen LogP contribution in [-0.2, 0) is 13.0 Å². The van der Waals surface area contributed by atoms with Crippen LogP contribution >= 0.6 is 15.9 Å². The van der Waals surface area contributed by atoms with E-state index < -0.39 is 6.18 Å². The molecule has 1 saturated carbocycles. The number of fused-ring (bicyclic) bond motifs is 1. The van der Waals surface area contributed by atoms with Crippen LogP contribution in [0.2, 0.25) is 0 Å². The number of benzene rings is 2. The molecule has 32 heavy (non-hydrogen) atoms. The molecule has 0 saturated heterocycles. The normalized spacial score (nSPS) is 20.1. The topological polar surface area (TPSA) is 3.24 Å². The van der Waals surface area contributed by atoms with Crippen molar-refractivity contribution in [1.29, 1.82) is 0 Å². The molecule has 170 valence electrons. The number of nitrogens with zero attached hydrogens (tertiary/aromatic N) is 1. The molecule has 2 unspecified atom stereocenters. The van der Waals surface area contributed by atoms with Crippen molar-refractivity contribution in [3.05, 3.63) is 92.0 Å². The second kappa shape index (κ2) is 9.18. The van der Waals surface area contributed by atoms with Crippen molar-refractivity contribution in [3.63, 3.8) is 0 Å². The predicted octanol–water partition coefficient (Wildman–Crippen LogP) is 7.48. The molecule has 2 aliphatic rings. The fraction of sp³-hybridized carbons (Fsp3) is 0.407. The standard InChI is InChI=1S/C27H29BrF3N/c1-17-12-18(2)23(19(3)13-17)10-11-32(15-20-4-7-22(28)8-5-20)16-21-6-9-26(27(29,30)31)25-14-24(21)25/h4-9,12-13,24-25H,10-11,14-16H2,1-3H3. The van der Waals surface area contributed by atoms with Gasteiger partial charge in [-0.25, -0.2) is 0 Å². The molecule has 0 aliphatic heterocycles. The average molecular weight is 504 g/mol. The van der Waals surface area contributed by atoms with Gasteiger partial charge in [-0.3, -0.25) is 4.90 Å². The summed E-state index contributed by atoms with van der Waals surface area (Å²) in [5.74, 6) is -0.294. The molecular formula is C27H29BrF3N. The molecule has 0 radical (unpaired) electrons. The fourth-order valence-electron chi connectivity index (χ4n) is 5.06. The predicted molar refractivity (Wildman–Crippen MR) is 128 cm³/mol. The minimum absolute atomic E-state index is 0.0480. The first-order valence-corrected chi connectivity index (χ1v) is 11.9. The van der Waals surface area contributed by atoms with Crippen LogP contribution in [0, 0.1) is 32.6 Å². The van der Waals surface area contributed by atoms with Gasteiger partial charge in [-0.15, -0.1) is 0 Å². The van der Waals surface area contributed by atoms with E-state index in [9.17, 15) is 13.2 Å². The highest BCUT2D eigenvalue weighted by Gasteiger charge is 2.52. The minimum Gasteiger partial charge on any atom is -0.295 e. The van der Waals surface area contributed by atoms with Gasteiger partial charge in [0.15, 0.2) is 0 Å². The molecule has 1 fully saturated rings. The van der Waals surface area contributed by atoms with Gasteiger partial charge in [0.2, 0.25) is 0 Å². The van der Waals surface area contributed by atoms with Crippen molar-refractivity contribution in [2.75, 3.05) is 13.1 Å². The third-order valence-electron chi connectivity index (χ3n) is 6.71. The van der Waals surface area contributed by atoms with Crippen LogP contribution < -0.4 is 0 Å². The van der Waals surface area contributed by atoms with E-state index >= 15 is 0 Å². The van der Waals surface area contributed by atoms with E-state index in [4.69, 9.17) is 0 Å². The third kappa shape index (κ3) is 5.37. The second-order valence-corrected chi connectivity index (χ2v) is 10.2. The first-order valence-electron chi connectivity index (χ1n) is 11.1. The maximum absolute atomic E-state index is 13.2. The number of hydrogen-bond donors (Lipinski definition) is 0. The summed E-state index contributed by atoms with van der Waals surface area (Å²) in [6.07, 6.45) is 0.390. The highest BCUT2D eigenvalue weighted by Crippen LogP contribution is 2.55. The van der Waals surface area contributed by atoms with Crippen molar-refractivity contribution in [3.8, 4) is 0 Å². The maximum atomic E-state index is 13.2. The van der Waals surface area contributed by atoms with Crippen LogP contribution in [0.4, 0.5) is 13.2 Å². The molecular weight excluding hydrogens is 475 g/mol. The number of allylic oxidation sites excluding steroid dienone is 3. The fourth-order valence-corrected chi connectivity index (χ4v) is 5.33. The second-order valence-electron chi connectivity index (χ2n) is 9.27. The molecule has 0 aromatic heterocycles. The lowest BCUT2D eigenvalue weighted by molar-refractivity contribution is -0.0959. The van der Waals surface area contributed by atoms with Gasteiger partial charge in [-0.2, -0.15) is 13.2 Å². The van der Waals surface area contributed by atoms with E-state index in [0.717, 1.165) is 29.6 Å². The third-order valence-corrected chi connectivity index (χ3v) is 7.24. The van der Waals surface area contributed by atoms with Gasteiger partial charge < -0.3 is 0 Å². The van der Waals surface area contributed by atoms with Crippen molar-refractivity contribution in [1.82, 2.24) is 4.90 Å². The molecule has 2 aliphatic carbocycles. The van der Waals surface area contributed by atoms with E-state index in [2.05, 4.69) is 65.9 Å². The Morgan fingerprint density at radius 2 is 1.59 bits per heavy atom. The summed E-state index contributed by atoms with van der Waals surface area (Å²) in [6.45, 7) is 8.80.